The second-order valence-electron chi connectivity index (χ2n) is 5.01. The van der Waals surface area contributed by atoms with Crippen LogP contribution >= 0.6 is 15.9 Å². The van der Waals surface area contributed by atoms with Crippen molar-refractivity contribution in [1.29, 1.82) is 0 Å². The Balaban J connectivity index is 2.37. The highest BCUT2D eigenvalue weighted by molar-refractivity contribution is 9.10. The topological polar surface area (TPSA) is 72.7 Å². The number of rotatable bonds is 2. The molecule has 0 spiro atoms. The fourth-order valence-electron chi connectivity index (χ4n) is 2.38. The van der Waals surface area contributed by atoms with Crippen LogP contribution in [0.3, 0.4) is 0 Å². The van der Waals surface area contributed by atoms with E-state index in [0.29, 0.717) is 13.1 Å². The smallest absolute Gasteiger partial charge is 0.287 e. The van der Waals surface area contributed by atoms with E-state index in [1.165, 1.54) is 4.90 Å². The van der Waals surface area contributed by atoms with Crippen molar-refractivity contribution in [3.05, 3.63) is 38.1 Å². The van der Waals surface area contributed by atoms with Crippen LogP contribution in [0, 0.1) is 15.9 Å². The van der Waals surface area contributed by atoms with Crippen molar-refractivity contribution in [2.24, 2.45) is 0 Å². The molecule has 6 nitrogen and oxygen atoms in total. The number of carbonyl (C=O) groups excluding carboxylic acids is 1. The molecule has 0 aromatic heterocycles. The van der Waals surface area contributed by atoms with Crippen molar-refractivity contribution in [2.45, 2.75) is 26.1 Å². The molecule has 2 atom stereocenters. The summed E-state index contributed by atoms with van der Waals surface area (Å²) in [6.45, 7) is 4.39. The third kappa shape index (κ3) is 3.38. The zero-order valence-electron chi connectivity index (χ0n) is 11.5. The van der Waals surface area contributed by atoms with Gasteiger partial charge in [0, 0.05) is 13.1 Å². The van der Waals surface area contributed by atoms with E-state index < -0.39 is 22.3 Å². The number of nitro groups is 1. The van der Waals surface area contributed by atoms with Gasteiger partial charge in [0.1, 0.15) is 10.3 Å². The summed E-state index contributed by atoms with van der Waals surface area (Å²) in [5.74, 6) is -1.27. The van der Waals surface area contributed by atoms with Crippen LogP contribution in [0.2, 0.25) is 0 Å². The average Bonchev–Trinajstić information content (AvgIpc) is 2.38. The Morgan fingerprint density at radius 1 is 1.43 bits per heavy atom. The maximum atomic E-state index is 13.5. The van der Waals surface area contributed by atoms with Gasteiger partial charge in [0.05, 0.1) is 28.8 Å². The lowest BCUT2D eigenvalue weighted by atomic mass is 10.1. The monoisotopic (exact) mass is 360 g/mol. The number of morpholine rings is 1. The Morgan fingerprint density at radius 3 is 2.52 bits per heavy atom. The Morgan fingerprint density at radius 2 is 2.00 bits per heavy atom. The first kappa shape index (κ1) is 15.8. The Hall–Kier alpha value is -1.54. The van der Waals surface area contributed by atoms with Crippen molar-refractivity contribution >= 4 is 27.5 Å². The normalized spacial score (nSPS) is 22.2. The maximum Gasteiger partial charge on any atom is 0.287 e. The van der Waals surface area contributed by atoms with E-state index in [4.69, 9.17) is 4.74 Å². The summed E-state index contributed by atoms with van der Waals surface area (Å²) in [4.78, 5) is 24.2. The van der Waals surface area contributed by atoms with Crippen LogP contribution in [0.5, 0.6) is 0 Å². The predicted octanol–water partition coefficient (Wildman–Crippen LogP) is 2.75. The lowest BCUT2D eigenvalue weighted by Crippen LogP contribution is -2.48. The van der Waals surface area contributed by atoms with Crippen LogP contribution in [0.25, 0.3) is 0 Å². The molecule has 1 aromatic carbocycles. The molecule has 0 bridgehead atoms. The Kier molecular flexibility index (Phi) is 4.58. The molecule has 1 aliphatic heterocycles. The SMILES string of the molecule is C[C@@H]1CN(C(=O)c2cc(F)cc([N+](=O)[O-])c2Br)C[C@@H](C)O1. The fourth-order valence-corrected chi connectivity index (χ4v) is 2.92. The van der Waals surface area contributed by atoms with Gasteiger partial charge in [-0.3, -0.25) is 14.9 Å². The van der Waals surface area contributed by atoms with Crippen LogP contribution in [0.1, 0.15) is 24.2 Å². The summed E-state index contributed by atoms with van der Waals surface area (Å²) in [6, 6.07) is 1.79. The van der Waals surface area contributed by atoms with Gasteiger partial charge in [-0.05, 0) is 35.8 Å². The second-order valence-corrected chi connectivity index (χ2v) is 5.80. The maximum absolute atomic E-state index is 13.5. The summed E-state index contributed by atoms with van der Waals surface area (Å²) in [5.41, 5.74) is -0.518. The van der Waals surface area contributed by atoms with Crippen LogP contribution in [0.4, 0.5) is 10.1 Å². The Labute approximate surface area is 129 Å². The molecule has 1 heterocycles. The van der Waals surface area contributed by atoms with E-state index in [2.05, 4.69) is 15.9 Å². The molecule has 0 radical (unpaired) electrons. The summed E-state index contributed by atoms with van der Waals surface area (Å²) in [6.07, 6.45) is -0.278. The zero-order chi connectivity index (χ0) is 15.7. The van der Waals surface area contributed by atoms with Crippen LogP contribution in [0.15, 0.2) is 16.6 Å². The predicted molar refractivity (Wildman–Crippen MR) is 76.7 cm³/mol. The minimum absolute atomic E-state index is 0.00861. The molecule has 0 N–H and O–H groups in total. The van der Waals surface area contributed by atoms with Crippen LogP contribution < -0.4 is 0 Å². The highest BCUT2D eigenvalue weighted by atomic mass is 79.9. The van der Waals surface area contributed by atoms with E-state index in [1.54, 1.807) is 0 Å². The molecule has 1 aromatic rings. The van der Waals surface area contributed by atoms with Gasteiger partial charge in [0.25, 0.3) is 11.6 Å². The van der Waals surface area contributed by atoms with E-state index >= 15 is 0 Å². The zero-order valence-corrected chi connectivity index (χ0v) is 13.1. The van der Waals surface area contributed by atoms with E-state index in [-0.39, 0.29) is 22.2 Å². The quantitative estimate of drug-likeness (QED) is 0.600. The van der Waals surface area contributed by atoms with Gasteiger partial charge in [-0.1, -0.05) is 0 Å². The summed E-state index contributed by atoms with van der Waals surface area (Å²) < 4.78 is 19.0. The first-order chi connectivity index (χ1) is 9.79. The summed E-state index contributed by atoms with van der Waals surface area (Å²) in [5, 5.41) is 10.9. The largest absolute Gasteiger partial charge is 0.372 e. The van der Waals surface area contributed by atoms with Gasteiger partial charge >= 0.3 is 0 Å². The van der Waals surface area contributed by atoms with Crippen LogP contribution in [-0.2, 0) is 4.74 Å². The number of nitrogens with zero attached hydrogens (tertiary/aromatic N) is 2. The molecule has 0 unspecified atom stereocenters. The van der Waals surface area contributed by atoms with Gasteiger partial charge in [0.2, 0.25) is 0 Å². The number of carbonyl (C=O) groups is 1. The number of nitro benzene ring substituents is 1. The molecular formula is C13H14BrFN2O4. The van der Waals surface area contributed by atoms with Crippen molar-refractivity contribution in [1.82, 2.24) is 4.90 Å². The highest BCUT2D eigenvalue weighted by Gasteiger charge is 2.30. The van der Waals surface area contributed by atoms with Gasteiger partial charge in [-0.2, -0.15) is 0 Å². The molecular weight excluding hydrogens is 347 g/mol. The highest BCUT2D eigenvalue weighted by Crippen LogP contribution is 2.31. The lowest BCUT2D eigenvalue weighted by Gasteiger charge is -2.35. The first-order valence-corrected chi connectivity index (χ1v) is 7.17. The molecule has 2 rings (SSSR count). The third-order valence-electron chi connectivity index (χ3n) is 3.15. The lowest BCUT2D eigenvalue weighted by molar-refractivity contribution is -0.385. The molecule has 1 aliphatic rings. The number of amides is 1. The fraction of sp³-hybridized carbons (Fsp3) is 0.462. The molecule has 1 amide bonds. The molecule has 0 aliphatic carbocycles. The molecule has 1 fully saturated rings. The number of hydrogen-bond donors (Lipinski definition) is 0. The number of halogens is 2. The molecule has 0 saturated carbocycles. The van der Waals surface area contributed by atoms with Gasteiger partial charge < -0.3 is 9.64 Å². The number of benzene rings is 1. The van der Waals surface area contributed by atoms with Crippen LogP contribution in [-0.4, -0.2) is 41.0 Å². The standard InChI is InChI=1S/C13H14BrFN2O4/c1-7-5-16(6-8(2)21-7)13(18)10-3-9(15)4-11(12(10)14)17(19)20/h3-4,7-8H,5-6H2,1-2H3/t7-,8-/m1/s1. The van der Waals surface area contributed by atoms with Crippen molar-refractivity contribution in [2.75, 3.05) is 13.1 Å². The van der Waals surface area contributed by atoms with Gasteiger partial charge in [-0.15, -0.1) is 0 Å². The number of ether oxygens (including phenoxy) is 1. The molecule has 114 valence electrons. The van der Waals surface area contributed by atoms with E-state index in [0.717, 1.165) is 12.1 Å². The van der Waals surface area contributed by atoms with E-state index in [1.807, 2.05) is 13.8 Å². The van der Waals surface area contributed by atoms with Crippen molar-refractivity contribution in [3.63, 3.8) is 0 Å². The second kappa shape index (κ2) is 6.07. The summed E-state index contributed by atoms with van der Waals surface area (Å²) in [7, 11) is 0. The number of hydrogen-bond acceptors (Lipinski definition) is 4. The third-order valence-corrected chi connectivity index (χ3v) is 3.99. The van der Waals surface area contributed by atoms with Crippen molar-refractivity contribution < 1.29 is 18.8 Å². The average molecular weight is 361 g/mol. The summed E-state index contributed by atoms with van der Waals surface area (Å²) >= 11 is 3.03. The Bertz CT molecular complexity index is 586. The van der Waals surface area contributed by atoms with Crippen molar-refractivity contribution in [3.8, 4) is 0 Å². The van der Waals surface area contributed by atoms with E-state index in [9.17, 15) is 19.3 Å². The first-order valence-electron chi connectivity index (χ1n) is 6.37. The molecule has 8 heteroatoms. The minimum Gasteiger partial charge on any atom is -0.372 e. The molecule has 21 heavy (non-hydrogen) atoms. The molecule has 1 saturated heterocycles. The van der Waals surface area contributed by atoms with Gasteiger partial charge in [-0.25, -0.2) is 4.39 Å². The van der Waals surface area contributed by atoms with Gasteiger partial charge in [0.15, 0.2) is 0 Å². The minimum atomic E-state index is -0.817.